The molecular weight excluding hydrogens is 196 g/mol. The maximum Gasteiger partial charge on any atom is 0.303 e. The molecule has 0 aliphatic heterocycles. The largest absolute Gasteiger partial charge is 0.481 e. The van der Waals surface area contributed by atoms with Crippen molar-refractivity contribution in [2.75, 3.05) is 0 Å². The fraction of sp³-hybridized carbons (Fsp3) is 0.818. The molecule has 0 atom stereocenters. The van der Waals surface area contributed by atoms with Crippen LogP contribution >= 0.6 is 0 Å². The third kappa shape index (κ3) is 24.6. The fourth-order valence-electron chi connectivity index (χ4n) is 0.880. The first-order valence-electron chi connectivity index (χ1n) is 5.48. The molecule has 0 aromatic carbocycles. The Bertz CT molecular complexity index is 166. The van der Waals surface area contributed by atoms with Gasteiger partial charge in [0.2, 0.25) is 0 Å². The van der Waals surface area contributed by atoms with Crippen LogP contribution < -0.4 is 0 Å². The van der Waals surface area contributed by atoms with Gasteiger partial charge in [-0.2, -0.15) is 0 Å². The zero-order valence-corrected chi connectivity index (χ0v) is 9.66. The van der Waals surface area contributed by atoms with Gasteiger partial charge >= 0.3 is 11.9 Å². The Morgan fingerprint density at radius 1 is 0.867 bits per heavy atom. The molecule has 0 amide bonds. The van der Waals surface area contributed by atoms with Crippen molar-refractivity contribution in [3.8, 4) is 0 Å². The normalized spacial score (nSPS) is 8.93. The number of rotatable bonds is 7. The Morgan fingerprint density at radius 3 is 1.67 bits per heavy atom. The van der Waals surface area contributed by atoms with Crippen LogP contribution in [0.5, 0.6) is 0 Å². The third-order valence-corrected chi connectivity index (χ3v) is 1.80. The fourth-order valence-corrected chi connectivity index (χ4v) is 0.880. The molecule has 4 heteroatoms. The van der Waals surface area contributed by atoms with Crippen molar-refractivity contribution in [1.29, 1.82) is 0 Å². The van der Waals surface area contributed by atoms with Gasteiger partial charge in [-0.3, -0.25) is 9.59 Å². The Morgan fingerprint density at radius 2 is 1.33 bits per heavy atom. The van der Waals surface area contributed by atoms with Crippen LogP contribution in [-0.2, 0) is 9.59 Å². The monoisotopic (exact) mass is 218 g/mol. The van der Waals surface area contributed by atoms with Crippen LogP contribution in [0.2, 0.25) is 0 Å². The van der Waals surface area contributed by atoms with Gasteiger partial charge < -0.3 is 10.2 Å². The lowest BCUT2D eigenvalue weighted by atomic mass is 10.1. The molecule has 4 nitrogen and oxygen atoms in total. The molecule has 15 heavy (non-hydrogen) atoms. The number of carbonyl (C=O) groups is 2. The maximum absolute atomic E-state index is 10.0. The van der Waals surface area contributed by atoms with Crippen molar-refractivity contribution < 1.29 is 19.8 Å². The molecule has 0 aliphatic rings. The number of hydrogen-bond acceptors (Lipinski definition) is 2. The predicted octanol–water partition coefficient (Wildman–Crippen LogP) is 2.91. The van der Waals surface area contributed by atoms with Gasteiger partial charge in [-0.05, 0) is 6.42 Å². The first-order chi connectivity index (χ1) is 7.04. The molecule has 0 heterocycles. The van der Waals surface area contributed by atoms with Crippen LogP contribution in [0.25, 0.3) is 0 Å². The van der Waals surface area contributed by atoms with E-state index in [1.54, 1.807) is 6.92 Å². The molecule has 0 radical (unpaired) electrons. The second-order valence-corrected chi connectivity index (χ2v) is 3.31. The van der Waals surface area contributed by atoms with Gasteiger partial charge in [-0.25, -0.2) is 0 Å². The zero-order valence-electron chi connectivity index (χ0n) is 9.66. The summed E-state index contributed by atoms with van der Waals surface area (Å²) in [4.78, 5) is 19.4. The van der Waals surface area contributed by atoms with Crippen molar-refractivity contribution in [3.63, 3.8) is 0 Å². The highest BCUT2D eigenvalue weighted by Crippen LogP contribution is 2.04. The van der Waals surface area contributed by atoms with E-state index in [0.717, 1.165) is 12.8 Å². The van der Waals surface area contributed by atoms with Crippen molar-refractivity contribution in [3.05, 3.63) is 0 Å². The summed E-state index contributed by atoms with van der Waals surface area (Å²) in [6.45, 7) is 3.75. The lowest BCUT2D eigenvalue weighted by Crippen LogP contribution is -1.93. The van der Waals surface area contributed by atoms with Gasteiger partial charge in [-0.15, -0.1) is 0 Å². The summed E-state index contributed by atoms with van der Waals surface area (Å²) < 4.78 is 0. The standard InChI is InChI=1S/C8H16O2.C3H6O2/c1-2-3-4-5-6-7-8(9)10;1-2-3(4)5/h2-7H2,1H3,(H,9,10);2H2,1H3,(H,4,5). The van der Waals surface area contributed by atoms with Crippen LogP contribution in [0.3, 0.4) is 0 Å². The molecule has 0 aromatic heterocycles. The van der Waals surface area contributed by atoms with Crippen LogP contribution in [0.4, 0.5) is 0 Å². The molecular formula is C11H22O4. The van der Waals surface area contributed by atoms with E-state index in [0.29, 0.717) is 6.42 Å². The van der Waals surface area contributed by atoms with Crippen molar-refractivity contribution >= 4 is 11.9 Å². The Hall–Kier alpha value is -1.06. The molecule has 0 fully saturated rings. The van der Waals surface area contributed by atoms with Crippen molar-refractivity contribution in [2.24, 2.45) is 0 Å². The Kier molecular flexibility index (Phi) is 14.1. The highest BCUT2D eigenvalue weighted by atomic mass is 16.4. The summed E-state index contributed by atoms with van der Waals surface area (Å²) in [5.41, 5.74) is 0. The highest BCUT2D eigenvalue weighted by molar-refractivity contribution is 5.66. The topological polar surface area (TPSA) is 74.6 Å². The number of carboxylic acid groups (broad SMARTS) is 2. The minimum atomic E-state index is -0.745. The third-order valence-electron chi connectivity index (χ3n) is 1.80. The molecule has 0 spiro atoms. The van der Waals surface area contributed by atoms with E-state index in [-0.39, 0.29) is 6.42 Å². The molecule has 0 unspecified atom stereocenters. The van der Waals surface area contributed by atoms with E-state index >= 15 is 0 Å². The zero-order chi connectivity index (χ0) is 12.1. The number of carboxylic acids is 2. The summed E-state index contributed by atoms with van der Waals surface area (Å²) in [7, 11) is 0. The highest BCUT2D eigenvalue weighted by Gasteiger charge is 1.94. The van der Waals surface area contributed by atoms with Gasteiger partial charge in [-0.1, -0.05) is 39.5 Å². The van der Waals surface area contributed by atoms with E-state index < -0.39 is 11.9 Å². The first-order valence-corrected chi connectivity index (χ1v) is 5.48. The summed E-state index contributed by atoms with van der Waals surface area (Å²) in [5, 5.41) is 16.0. The number of hydrogen-bond donors (Lipinski definition) is 2. The quantitative estimate of drug-likeness (QED) is 0.644. The van der Waals surface area contributed by atoms with Crippen LogP contribution in [0.15, 0.2) is 0 Å². The summed E-state index contributed by atoms with van der Waals surface area (Å²) >= 11 is 0. The second-order valence-electron chi connectivity index (χ2n) is 3.31. The lowest BCUT2D eigenvalue weighted by Gasteiger charge is -1.95. The van der Waals surface area contributed by atoms with Crippen LogP contribution in [0, 0.1) is 0 Å². The van der Waals surface area contributed by atoms with E-state index in [2.05, 4.69) is 6.92 Å². The minimum Gasteiger partial charge on any atom is -0.481 e. The smallest absolute Gasteiger partial charge is 0.303 e. The second kappa shape index (κ2) is 12.9. The molecule has 2 N–H and O–H groups in total. The summed E-state index contributed by atoms with van der Waals surface area (Å²) in [6.07, 6.45) is 6.11. The average Bonchev–Trinajstić information content (AvgIpc) is 2.18. The first kappa shape index (κ1) is 16.4. The molecule has 0 saturated carbocycles. The Balaban J connectivity index is 0. The maximum atomic E-state index is 10.0. The van der Waals surface area contributed by atoms with E-state index in [1.807, 2.05) is 0 Å². The Labute approximate surface area is 91.3 Å². The predicted molar refractivity (Wildman–Crippen MR) is 58.9 cm³/mol. The van der Waals surface area contributed by atoms with E-state index in [4.69, 9.17) is 10.2 Å². The van der Waals surface area contributed by atoms with Crippen molar-refractivity contribution in [1.82, 2.24) is 0 Å². The molecule has 0 saturated heterocycles. The van der Waals surface area contributed by atoms with Gasteiger partial charge in [0, 0.05) is 12.8 Å². The molecule has 0 rings (SSSR count). The van der Waals surface area contributed by atoms with Crippen molar-refractivity contribution in [2.45, 2.75) is 58.8 Å². The van der Waals surface area contributed by atoms with E-state index in [9.17, 15) is 9.59 Å². The van der Waals surface area contributed by atoms with Gasteiger partial charge in [0.25, 0.3) is 0 Å². The number of unbranched alkanes of at least 4 members (excludes halogenated alkanes) is 4. The van der Waals surface area contributed by atoms with Crippen LogP contribution in [0.1, 0.15) is 58.8 Å². The lowest BCUT2D eigenvalue weighted by molar-refractivity contribution is -0.137. The van der Waals surface area contributed by atoms with Gasteiger partial charge in [0.05, 0.1) is 0 Å². The SMILES string of the molecule is CCC(=O)O.CCCCCCCC(=O)O. The minimum absolute atomic E-state index is 0.222. The van der Waals surface area contributed by atoms with Crippen LogP contribution in [-0.4, -0.2) is 22.2 Å². The number of aliphatic carboxylic acids is 2. The molecule has 0 bridgehead atoms. The average molecular weight is 218 g/mol. The summed E-state index contributed by atoms with van der Waals surface area (Å²) in [5.74, 6) is -1.42. The molecule has 0 aliphatic carbocycles. The molecule has 0 aromatic rings. The molecule has 90 valence electrons. The van der Waals surface area contributed by atoms with E-state index in [1.165, 1.54) is 19.3 Å². The van der Waals surface area contributed by atoms with Gasteiger partial charge in [0.1, 0.15) is 0 Å². The summed E-state index contributed by atoms with van der Waals surface area (Å²) in [6, 6.07) is 0. The van der Waals surface area contributed by atoms with Gasteiger partial charge in [0.15, 0.2) is 0 Å².